The fourth-order valence-corrected chi connectivity index (χ4v) is 3.27. The number of aryl methyl sites for hydroxylation is 1. The van der Waals surface area contributed by atoms with E-state index in [4.69, 9.17) is 4.52 Å². The van der Waals surface area contributed by atoms with E-state index in [1.165, 1.54) is 0 Å². The van der Waals surface area contributed by atoms with Crippen molar-refractivity contribution in [1.82, 2.24) is 20.4 Å². The Morgan fingerprint density at radius 3 is 2.50 bits per heavy atom. The lowest BCUT2D eigenvalue weighted by atomic mass is 9.95. The number of nitrogens with one attached hydrogen (secondary N) is 1. The lowest BCUT2D eigenvalue weighted by Crippen LogP contribution is -2.43. The lowest BCUT2D eigenvalue weighted by Gasteiger charge is -2.31. The summed E-state index contributed by atoms with van der Waals surface area (Å²) in [6.45, 7) is 4.69. The number of likely N-dealkylation sites (tertiary alicyclic amines) is 1. The van der Waals surface area contributed by atoms with Crippen molar-refractivity contribution in [3.63, 3.8) is 0 Å². The molecule has 1 unspecified atom stereocenters. The fourth-order valence-electron chi connectivity index (χ4n) is 3.00. The monoisotopic (exact) mass is 420 g/mol. The highest BCUT2D eigenvalue weighted by Crippen LogP contribution is 2.21. The summed E-state index contributed by atoms with van der Waals surface area (Å²) in [7, 11) is 0. The van der Waals surface area contributed by atoms with Crippen molar-refractivity contribution < 1.29 is 14.1 Å². The molecule has 2 amide bonds. The standard InChI is InChI=1S/C18H21BrN4O3/c1-11(17-21-12(2)22-26-17)20-16(24)13-7-9-23(10-8-13)18(25)14-3-5-15(19)6-4-14/h3-6,11,13H,7-10H2,1-2H3,(H,20,24). The molecule has 1 aromatic heterocycles. The van der Waals surface area contributed by atoms with E-state index in [2.05, 4.69) is 31.4 Å². The van der Waals surface area contributed by atoms with Gasteiger partial charge in [0.25, 0.3) is 5.91 Å². The average Bonchev–Trinajstić information content (AvgIpc) is 3.08. The van der Waals surface area contributed by atoms with Crippen LogP contribution in [-0.4, -0.2) is 39.9 Å². The Labute approximate surface area is 160 Å². The molecule has 1 aliphatic rings. The van der Waals surface area contributed by atoms with Crippen molar-refractivity contribution in [1.29, 1.82) is 0 Å². The number of piperidine rings is 1. The molecule has 2 aromatic rings. The zero-order valence-corrected chi connectivity index (χ0v) is 16.3. The van der Waals surface area contributed by atoms with E-state index in [0.717, 1.165) is 4.47 Å². The summed E-state index contributed by atoms with van der Waals surface area (Å²) in [5.41, 5.74) is 0.663. The first-order chi connectivity index (χ1) is 12.4. The molecular weight excluding hydrogens is 400 g/mol. The van der Waals surface area contributed by atoms with Gasteiger partial charge in [-0.15, -0.1) is 0 Å². The van der Waals surface area contributed by atoms with E-state index >= 15 is 0 Å². The van der Waals surface area contributed by atoms with Crippen LogP contribution < -0.4 is 5.32 Å². The number of aromatic nitrogens is 2. The number of halogens is 1. The van der Waals surface area contributed by atoms with Gasteiger partial charge in [0.1, 0.15) is 6.04 Å². The van der Waals surface area contributed by atoms with Gasteiger partial charge in [-0.25, -0.2) is 0 Å². The highest BCUT2D eigenvalue weighted by atomic mass is 79.9. The maximum atomic E-state index is 12.5. The number of amides is 2. The van der Waals surface area contributed by atoms with E-state index in [0.29, 0.717) is 43.2 Å². The summed E-state index contributed by atoms with van der Waals surface area (Å²) < 4.78 is 6.03. The Hall–Kier alpha value is -2.22. The minimum Gasteiger partial charge on any atom is -0.344 e. The van der Waals surface area contributed by atoms with Crippen molar-refractivity contribution in [2.45, 2.75) is 32.7 Å². The minimum atomic E-state index is -0.328. The molecule has 1 aliphatic heterocycles. The van der Waals surface area contributed by atoms with Crippen molar-refractivity contribution >= 4 is 27.7 Å². The second-order valence-corrected chi connectivity index (χ2v) is 7.40. The molecule has 8 heteroatoms. The third kappa shape index (κ3) is 4.30. The van der Waals surface area contributed by atoms with Gasteiger partial charge >= 0.3 is 0 Å². The molecule has 1 atom stereocenters. The van der Waals surface area contributed by atoms with Crippen LogP contribution in [0.3, 0.4) is 0 Å². The quantitative estimate of drug-likeness (QED) is 0.820. The number of carbonyl (C=O) groups excluding carboxylic acids is 2. The second kappa shape index (κ2) is 7.99. The SMILES string of the molecule is Cc1noc(C(C)NC(=O)C2CCN(C(=O)c3ccc(Br)cc3)CC2)n1. The van der Waals surface area contributed by atoms with Crippen molar-refractivity contribution in [2.75, 3.05) is 13.1 Å². The Morgan fingerprint density at radius 2 is 1.92 bits per heavy atom. The largest absolute Gasteiger partial charge is 0.344 e. The van der Waals surface area contributed by atoms with Crippen LogP contribution in [0.1, 0.15) is 47.9 Å². The summed E-state index contributed by atoms with van der Waals surface area (Å²) in [6, 6.07) is 6.99. The van der Waals surface area contributed by atoms with Gasteiger partial charge in [0.05, 0.1) is 0 Å². The molecule has 0 radical (unpaired) electrons. The van der Waals surface area contributed by atoms with Crippen molar-refractivity contribution in [3.8, 4) is 0 Å². The molecule has 138 valence electrons. The molecule has 0 saturated carbocycles. The van der Waals surface area contributed by atoms with E-state index in [-0.39, 0.29) is 23.8 Å². The molecule has 26 heavy (non-hydrogen) atoms. The molecule has 7 nitrogen and oxygen atoms in total. The Kier molecular flexibility index (Phi) is 5.70. The Balaban J connectivity index is 1.52. The number of hydrogen-bond donors (Lipinski definition) is 1. The molecule has 1 saturated heterocycles. The Morgan fingerprint density at radius 1 is 1.27 bits per heavy atom. The molecule has 1 aromatic carbocycles. The molecule has 2 heterocycles. The van der Waals surface area contributed by atoms with Crippen LogP contribution in [0.15, 0.2) is 33.3 Å². The highest BCUT2D eigenvalue weighted by Gasteiger charge is 2.29. The van der Waals surface area contributed by atoms with Crippen LogP contribution in [0.2, 0.25) is 0 Å². The number of benzene rings is 1. The molecule has 0 bridgehead atoms. The normalized spacial score (nSPS) is 16.3. The average molecular weight is 421 g/mol. The maximum absolute atomic E-state index is 12.5. The number of hydrogen-bond acceptors (Lipinski definition) is 5. The van der Waals surface area contributed by atoms with Crippen LogP contribution in [0.5, 0.6) is 0 Å². The highest BCUT2D eigenvalue weighted by molar-refractivity contribution is 9.10. The van der Waals surface area contributed by atoms with E-state index < -0.39 is 0 Å². The summed E-state index contributed by atoms with van der Waals surface area (Å²) in [5.74, 6) is 0.796. The number of nitrogens with zero attached hydrogens (tertiary/aromatic N) is 3. The third-order valence-electron chi connectivity index (χ3n) is 4.52. The number of rotatable bonds is 4. The first-order valence-electron chi connectivity index (χ1n) is 8.59. The fraction of sp³-hybridized carbons (Fsp3) is 0.444. The first kappa shape index (κ1) is 18.6. The molecular formula is C18H21BrN4O3. The maximum Gasteiger partial charge on any atom is 0.253 e. The summed E-state index contributed by atoms with van der Waals surface area (Å²) in [4.78, 5) is 30.9. The number of carbonyl (C=O) groups is 2. The van der Waals surface area contributed by atoms with Crippen molar-refractivity contribution in [2.24, 2.45) is 5.92 Å². The smallest absolute Gasteiger partial charge is 0.253 e. The van der Waals surface area contributed by atoms with Gasteiger partial charge in [-0.1, -0.05) is 21.1 Å². The van der Waals surface area contributed by atoms with Crippen LogP contribution in [0, 0.1) is 12.8 Å². The molecule has 3 rings (SSSR count). The zero-order valence-electron chi connectivity index (χ0n) is 14.7. The predicted octanol–water partition coefficient (Wildman–Crippen LogP) is 2.87. The minimum absolute atomic E-state index is 0.00561. The lowest BCUT2D eigenvalue weighted by molar-refractivity contribution is -0.127. The van der Waals surface area contributed by atoms with Crippen LogP contribution >= 0.6 is 15.9 Å². The van der Waals surface area contributed by atoms with Gasteiger partial charge in [-0.2, -0.15) is 4.98 Å². The van der Waals surface area contributed by atoms with Gasteiger partial charge in [-0.05, 0) is 51.0 Å². The van der Waals surface area contributed by atoms with Gasteiger partial charge < -0.3 is 14.7 Å². The van der Waals surface area contributed by atoms with Gasteiger partial charge in [0, 0.05) is 29.0 Å². The van der Waals surface area contributed by atoms with Gasteiger partial charge in [0.15, 0.2) is 5.82 Å². The summed E-state index contributed by atoms with van der Waals surface area (Å²) in [5, 5.41) is 6.65. The van der Waals surface area contributed by atoms with E-state index in [1.807, 2.05) is 19.1 Å². The van der Waals surface area contributed by atoms with Crippen LogP contribution in [0.25, 0.3) is 0 Å². The third-order valence-corrected chi connectivity index (χ3v) is 5.05. The molecule has 1 fully saturated rings. The van der Waals surface area contributed by atoms with Crippen LogP contribution in [-0.2, 0) is 4.79 Å². The summed E-state index contributed by atoms with van der Waals surface area (Å²) in [6.07, 6.45) is 1.29. The zero-order chi connectivity index (χ0) is 18.7. The van der Waals surface area contributed by atoms with Gasteiger partial charge in [-0.3, -0.25) is 9.59 Å². The van der Waals surface area contributed by atoms with Crippen molar-refractivity contribution in [3.05, 3.63) is 46.0 Å². The van der Waals surface area contributed by atoms with E-state index in [9.17, 15) is 9.59 Å². The summed E-state index contributed by atoms with van der Waals surface area (Å²) >= 11 is 3.37. The Bertz CT molecular complexity index is 782. The van der Waals surface area contributed by atoms with E-state index in [1.54, 1.807) is 24.0 Å². The predicted molar refractivity (Wildman–Crippen MR) is 98.4 cm³/mol. The second-order valence-electron chi connectivity index (χ2n) is 6.48. The van der Waals surface area contributed by atoms with Gasteiger partial charge in [0.2, 0.25) is 11.8 Å². The first-order valence-corrected chi connectivity index (χ1v) is 9.39. The molecule has 0 aliphatic carbocycles. The van der Waals surface area contributed by atoms with Crippen LogP contribution in [0.4, 0.5) is 0 Å². The molecule has 0 spiro atoms. The topological polar surface area (TPSA) is 88.3 Å². The molecule has 1 N–H and O–H groups in total.